The number of nitrogens with one attached hydrogen (secondary N) is 1. The second-order valence-corrected chi connectivity index (χ2v) is 3.93. The molecule has 0 spiro atoms. The lowest BCUT2D eigenvalue weighted by atomic mass is 10.3. The molecule has 0 saturated carbocycles. The minimum absolute atomic E-state index is 0.268. The maximum Gasteiger partial charge on any atom is 0.270 e. The van der Waals surface area contributed by atoms with Gasteiger partial charge < -0.3 is 9.88 Å². The average molecular weight is 251 g/mol. The number of aromatic nitrogens is 3. The van der Waals surface area contributed by atoms with Gasteiger partial charge in [0.2, 0.25) is 0 Å². The average Bonchev–Trinajstić information content (AvgIpc) is 2.72. The molecule has 0 aromatic carbocycles. The molecule has 0 radical (unpaired) electrons. The van der Waals surface area contributed by atoms with Crippen LogP contribution in [-0.2, 0) is 13.6 Å². The van der Waals surface area contributed by atoms with E-state index in [2.05, 4.69) is 15.3 Å². The highest BCUT2D eigenvalue weighted by molar-refractivity contribution is 6.30. The Hall–Kier alpha value is -1.88. The molecule has 2 rings (SSSR count). The third-order valence-corrected chi connectivity index (χ3v) is 2.52. The molecule has 2 aromatic heterocycles. The Kier molecular flexibility index (Phi) is 3.39. The number of rotatable bonds is 3. The summed E-state index contributed by atoms with van der Waals surface area (Å²) in [6.07, 6.45) is 5.00. The van der Waals surface area contributed by atoms with Crippen LogP contribution in [0, 0.1) is 0 Å². The Balaban J connectivity index is 2.01. The van der Waals surface area contributed by atoms with Gasteiger partial charge in [0.05, 0.1) is 6.54 Å². The van der Waals surface area contributed by atoms with E-state index in [1.165, 1.54) is 12.3 Å². The first-order valence-electron chi connectivity index (χ1n) is 5.03. The van der Waals surface area contributed by atoms with E-state index in [4.69, 9.17) is 11.6 Å². The number of amides is 1. The number of hydrogen-bond donors (Lipinski definition) is 1. The van der Waals surface area contributed by atoms with E-state index in [0.717, 1.165) is 5.82 Å². The molecule has 6 heteroatoms. The lowest BCUT2D eigenvalue weighted by Gasteiger charge is -2.04. The lowest BCUT2D eigenvalue weighted by Crippen LogP contribution is -2.25. The number of aryl methyl sites for hydroxylation is 1. The summed E-state index contributed by atoms with van der Waals surface area (Å²) in [6.45, 7) is 0.358. The zero-order valence-electron chi connectivity index (χ0n) is 9.22. The number of hydrogen-bond acceptors (Lipinski definition) is 3. The van der Waals surface area contributed by atoms with Gasteiger partial charge in [0, 0.05) is 30.7 Å². The third-order valence-electron chi connectivity index (χ3n) is 2.28. The fourth-order valence-corrected chi connectivity index (χ4v) is 1.51. The molecule has 0 fully saturated rings. The molecule has 0 aliphatic heterocycles. The van der Waals surface area contributed by atoms with Gasteiger partial charge in [-0.25, -0.2) is 4.98 Å². The quantitative estimate of drug-likeness (QED) is 0.896. The summed E-state index contributed by atoms with van der Waals surface area (Å²) in [7, 11) is 1.87. The fraction of sp³-hybridized carbons (Fsp3) is 0.182. The highest BCUT2D eigenvalue weighted by Gasteiger charge is 2.08. The van der Waals surface area contributed by atoms with E-state index in [1.54, 1.807) is 12.3 Å². The van der Waals surface area contributed by atoms with Crippen LogP contribution in [0.25, 0.3) is 0 Å². The molecule has 2 aromatic rings. The van der Waals surface area contributed by atoms with Crippen molar-refractivity contribution in [2.24, 2.45) is 7.05 Å². The minimum Gasteiger partial charge on any atom is -0.343 e. The Morgan fingerprint density at radius 3 is 2.94 bits per heavy atom. The van der Waals surface area contributed by atoms with E-state index in [9.17, 15) is 4.79 Å². The van der Waals surface area contributed by atoms with Crippen LogP contribution < -0.4 is 5.32 Å². The number of carbonyl (C=O) groups is 1. The lowest BCUT2D eigenvalue weighted by molar-refractivity contribution is 0.0944. The van der Waals surface area contributed by atoms with Gasteiger partial charge >= 0.3 is 0 Å². The second-order valence-electron chi connectivity index (χ2n) is 3.50. The summed E-state index contributed by atoms with van der Waals surface area (Å²) in [5.74, 6) is 0.510. The van der Waals surface area contributed by atoms with Crippen molar-refractivity contribution in [1.29, 1.82) is 0 Å². The predicted molar refractivity (Wildman–Crippen MR) is 63.6 cm³/mol. The Morgan fingerprint density at radius 2 is 2.29 bits per heavy atom. The SMILES string of the molecule is Cn1ccnc1CNC(=O)c1cc(Cl)ccn1. The van der Waals surface area contributed by atoms with Crippen molar-refractivity contribution < 1.29 is 4.79 Å². The van der Waals surface area contributed by atoms with Crippen molar-refractivity contribution >= 4 is 17.5 Å². The van der Waals surface area contributed by atoms with Crippen molar-refractivity contribution in [1.82, 2.24) is 19.9 Å². The van der Waals surface area contributed by atoms with Gasteiger partial charge in [-0.15, -0.1) is 0 Å². The molecule has 5 nitrogen and oxygen atoms in total. The normalized spacial score (nSPS) is 10.2. The molecule has 0 aliphatic carbocycles. The van der Waals surface area contributed by atoms with Crippen LogP contribution in [0.3, 0.4) is 0 Å². The maximum absolute atomic E-state index is 11.7. The van der Waals surface area contributed by atoms with Crippen molar-refractivity contribution in [3.63, 3.8) is 0 Å². The molecule has 1 amide bonds. The van der Waals surface area contributed by atoms with Gasteiger partial charge in [-0.05, 0) is 12.1 Å². The molecule has 0 atom stereocenters. The molecule has 0 unspecified atom stereocenters. The third kappa shape index (κ3) is 2.82. The molecule has 0 aliphatic rings. The summed E-state index contributed by atoms with van der Waals surface area (Å²) >= 11 is 5.78. The van der Waals surface area contributed by atoms with Crippen LogP contribution in [0.1, 0.15) is 16.3 Å². The number of carbonyl (C=O) groups excluding carboxylic acids is 1. The van der Waals surface area contributed by atoms with Gasteiger partial charge in [-0.3, -0.25) is 9.78 Å². The topological polar surface area (TPSA) is 59.8 Å². The maximum atomic E-state index is 11.7. The molecule has 0 saturated heterocycles. The van der Waals surface area contributed by atoms with Gasteiger partial charge in [0.25, 0.3) is 5.91 Å². The van der Waals surface area contributed by atoms with Gasteiger partial charge in [0.1, 0.15) is 11.5 Å². The predicted octanol–water partition coefficient (Wildman–Crippen LogP) is 1.40. The molecule has 2 heterocycles. The zero-order chi connectivity index (χ0) is 12.3. The van der Waals surface area contributed by atoms with Gasteiger partial charge in [-0.1, -0.05) is 11.6 Å². The van der Waals surface area contributed by atoms with Crippen LogP contribution in [0.5, 0.6) is 0 Å². The second kappa shape index (κ2) is 4.97. The van der Waals surface area contributed by atoms with Crippen molar-refractivity contribution in [3.8, 4) is 0 Å². The molecule has 0 bridgehead atoms. The van der Waals surface area contributed by atoms with Crippen LogP contribution in [0.15, 0.2) is 30.7 Å². The van der Waals surface area contributed by atoms with Crippen LogP contribution in [0.2, 0.25) is 5.02 Å². The molecular weight excluding hydrogens is 240 g/mol. The first-order valence-corrected chi connectivity index (χ1v) is 5.40. The minimum atomic E-state index is -0.268. The largest absolute Gasteiger partial charge is 0.343 e. The summed E-state index contributed by atoms with van der Waals surface area (Å²) in [5.41, 5.74) is 0.298. The molecule has 17 heavy (non-hydrogen) atoms. The monoisotopic (exact) mass is 250 g/mol. The van der Waals surface area contributed by atoms with E-state index in [1.807, 2.05) is 17.8 Å². The summed E-state index contributed by atoms with van der Waals surface area (Å²) in [5, 5.41) is 3.21. The summed E-state index contributed by atoms with van der Waals surface area (Å²) in [4.78, 5) is 19.8. The fourth-order valence-electron chi connectivity index (χ4n) is 1.35. The van der Waals surface area contributed by atoms with Gasteiger partial charge in [0.15, 0.2) is 0 Å². The summed E-state index contributed by atoms with van der Waals surface area (Å²) < 4.78 is 1.84. The van der Waals surface area contributed by atoms with E-state index < -0.39 is 0 Å². The number of halogens is 1. The Morgan fingerprint density at radius 1 is 1.47 bits per heavy atom. The van der Waals surface area contributed by atoms with Crippen LogP contribution in [0.4, 0.5) is 0 Å². The summed E-state index contributed by atoms with van der Waals surface area (Å²) in [6, 6.07) is 3.15. The van der Waals surface area contributed by atoms with E-state index in [-0.39, 0.29) is 5.91 Å². The van der Waals surface area contributed by atoms with E-state index in [0.29, 0.717) is 17.3 Å². The number of pyridine rings is 1. The first-order chi connectivity index (χ1) is 8.16. The van der Waals surface area contributed by atoms with E-state index >= 15 is 0 Å². The van der Waals surface area contributed by atoms with Gasteiger partial charge in [-0.2, -0.15) is 0 Å². The first kappa shape index (κ1) is 11.6. The zero-order valence-corrected chi connectivity index (χ0v) is 9.98. The van der Waals surface area contributed by atoms with Crippen molar-refractivity contribution in [2.45, 2.75) is 6.54 Å². The highest BCUT2D eigenvalue weighted by Crippen LogP contribution is 2.07. The van der Waals surface area contributed by atoms with Crippen LogP contribution >= 0.6 is 11.6 Å². The smallest absolute Gasteiger partial charge is 0.270 e. The van der Waals surface area contributed by atoms with Crippen LogP contribution in [-0.4, -0.2) is 20.4 Å². The standard InChI is InChI=1S/C11H11ClN4O/c1-16-5-4-14-10(16)7-15-11(17)9-6-8(12)2-3-13-9/h2-6H,7H2,1H3,(H,15,17). The van der Waals surface area contributed by atoms with Crippen molar-refractivity contribution in [2.75, 3.05) is 0 Å². The Bertz CT molecular complexity index is 538. The van der Waals surface area contributed by atoms with Crippen molar-refractivity contribution in [3.05, 3.63) is 47.3 Å². The number of nitrogens with zero attached hydrogens (tertiary/aromatic N) is 3. The Labute approximate surface area is 103 Å². The molecular formula is C11H11ClN4O. The molecule has 1 N–H and O–H groups in total. The molecule has 88 valence electrons. The number of imidazole rings is 1. The highest BCUT2D eigenvalue weighted by atomic mass is 35.5.